The lowest BCUT2D eigenvalue weighted by atomic mass is 9.82. The van der Waals surface area contributed by atoms with E-state index in [4.69, 9.17) is 9.47 Å². The number of hydrogen-bond acceptors (Lipinski definition) is 7. The smallest absolute Gasteiger partial charge is 0.338 e. The third kappa shape index (κ3) is 4.60. The van der Waals surface area contributed by atoms with E-state index in [-0.39, 0.29) is 41.0 Å². The molecule has 4 atom stereocenters. The lowest BCUT2D eigenvalue weighted by Crippen LogP contribution is -2.33. The molecule has 2 aromatic carbocycles. The van der Waals surface area contributed by atoms with E-state index >= 15 is 0 Å². The van der Waals surface area contributed by atoms with Crippen molar-refractivity contribution in [3.05, 3.63) is 71.3 Å². The molecule has 3 amide bonds. The van der Waals surface area contributed by atoms with E-state index in [2.05, 4.69) is 11.4 Å². The molecule has 2 aliphatic carbocycles. The lowest BCUT2D eigenvalue weighted by molar-refractivity contribution is -0.123. The van der Waals surface area contributed by atoms with E-state index in [0.717, 1.165) is 12.8 Å². The summed E-state index contributed by atoms with van der Waals surface area (Å²) < 4.78 is 10.2. The minimum absolute atomic E-state index is 0.118. The largest absolute Gasteiger partial charge is 0.462 e. The number of nitrogens with one attached hydrogen (secondary N) is 1. The van der Waals surface area contributed by atoms with Crippen molar-refractivity contribution in [3.8, 4) is 0 Å². The van der Waals surface area contributed by atoms with Crippen LogP contribution in [0.5, 0.6) is 0 Å². The third-order valence-corrected chi connectivity index (χ3v) is 7.42. The molecule has 38 heavy (non-hydrogen) atoms. The number of imide groups is 1. The van der Waals surface area contributed by atoms with Crippen molar-refractivity contribution in [3.63, 3.8) is 0 Å². The van der Waals surface area contributed by atoms with E-state index in [1.807, 2.05) is 13.8 Å². The SMILES string of the molecule is CCCOC(=O)c1ccc(NC(=O)COC(=O)c2ccc(N3C(=O)[C@@H]4[C@H](C3=O)[C@@H]3C[C@@H]4C=C3C)cc2)cc1. The number of carbonyl (C=O) groups excluding carboxylic acids is 5. The van der Waals surface area contributed by atoms with Gasteiger partial charge in [0, 0.05) is 5.69 Å². The number of anilines is 2. The Kier molecular flexibility index (Phi) is 6.84. The summed E-state index contributed by atoms with van der Waals surface area (Å²) in [4.78, 5) is 63.9. The number of nitrogens with zero attached hydrogens (tertiary/aromatic N) is 1. The molecule has 0 aromatic heterocycles. The molecule has 1 saturated carbocycles. The number of fused-ring (bicyclic) bond motifs is 5. The highest BCUT2D eigenvalue weighted by Gasteiger charge is 2.60. The van der Waals surface area contributed by atoms with Gasteiger partial charge < -0.3 is 14.8 Å². The maximum atomic E-state index is 13.1. The molecule has 2 fully saturated rings. The zero-order valence-corrected chi connectivity index (χ0v) is 21.1. The fourth-order valence-corrected chi connectivity index (χ4v) is 5.65. The number of rotatable bonds is 8. The van der Waals surface area contributed by atoms with Crippen LogP contribution in [0.3, 0.4) is 0 Å². The zero-order chi connectivity index (χ0) is 27.0. The maximum Gasteiger partial charge on any atom is 0.338 e. The number of carbonyl (C=O) groups is 5. The molecule has 0 radical (unpaired) electrons. The van der Waals surface area contributed by atoms with Gasteiger partial charge in [-0.05, 0) is 80.1 Å². The average molecular weight is 517 g/mol. The van der Waals surface area contributed by atoms with E-state index in [1.54, 1.807) is 24.3 Å². The molecule has 9 heteroatoms. The van der Waals surface area contributed by atoms with Crippen LogP contribution in [0.1, 0.15) is 47.4 Å². The van der Waals surface area contributed by atoms with Crippen LogP contribution < -0.4 is 10.2 Å². The summed E-state index contributed by atoms with van der Waals surface area (Å²) in [6.45, 7) is 3.74. The van der Waals surface area contributed by atoms with E-state index < -0.39 is 24.5 Å². The molecule has 5 rings (SSSR count). The molecule has 3 aliphatic rings. The Morgan fingerprint density at radius 3 is 2.16 bits per heavy atom. The average Bonchev–Trinajstić information content (AvgIpc) is 3.56. The van der Waals surface area contributed by atoms with Gasteiger partial charge in [-0.25, -0.2) is 9.59 Å². The highest BCUT2D eigenvalue weighted by atomic mass is 16.5. The van der Waals surface area contributed by atoms with Crippen LogP contribution in [0.15, 0.2) is 60.2 Å². The van der Waals surface area contributed by atoms with Gasteiger partial charge in [-0.1, -0.05) is 18.6 Å². The number of hydrogen-bond donors (Lipinski definition) is 1. The van der Waals surface area contributed by atoms with Gasteiger partial charge in [0.05, 0.1) is 35.3 Å². The molecule has 1 N–H and O–H groups in total. The van der Waals surface area contributed by atoms with Crippen molar-refractivity contribution in [1.29, 1.82) is 0 Å². The number of amides is 3. The Balaban J connectivity index is 1.14. The Morgan fingerprint density at radius 1 is 0.895 bits per heavy atom. The second-order valence-electron chi connectivity index (χ2n) is 9.86. The summed E-state index contributed by atoms with van der Waals surface area (Å²) in [5.41, 5.74) is 2.60. The molecule has 9 nitrogen and oxygen atoms in total. The molecular weight excluding hydrogens is 488 g/mol. The van der Waals surface area contributed by atoms with Crippen molar-refractivity contribution >= 4 is 41.0 Å². The molecule has 1 heterocycles. The fraction of sp³-hybridized carbons (Fsp3) is 0.345. The molecule has 1 aliphatic heterocycles. The lowest BCUT2D eigenvalue weighted by Gasteiger charge is -2.19. The Bertz CT molecular complexity index is 1330. The monoisotopic (exact) mass is 516 g/mol. The van der Waals surface area contributed by atoms with Crippen LogP contribution in [0.2, 0.25) is 0 Å². The van der Waals surface area contributed by atoms with Crippen LogP contribution in [0.4, 0.5) is 11.4 Å². The van der Waals surface area contributed by atoms with Gasteiger partial charge in [-0.2, -0.15) is 0 Å². The first-order valence-corrected chi connectivity index (χ1v) is 12.7. The Hall–Kier alpha value is -4.27. The van der Waals surface area contributed by atoms with Crippen molar-refractivity contribution in [1.82, 2.24) is 0 Å². The predicted octanol–water partition coefficient (Wildman–Crippen LogP) is 3.75. The van der Waals surface area contributed by atoms with Gasteiger partial charge in [0.1, 0.15) is 0 Å². The number of benzene rings is 2. The molecular formula is C29H28N2O7. The molecule has 2 bridgehead atoms. The summed E-state index contributed by atoms with van der Waals surface area (Å²) in [6, 6.07) is 12.2. The van der Waals surface area contributed by atoms with Gasteiger partial charge in [-0.3, -0.25) is 19.3 Å². The quantitative estimate of drug-likeness (QED) is 0.322. The van der Waals surface area contributed by atoms with Gasteiger partial charge >= 0.3 is 11.9 Å². The highest BCUT2D eigenvalue weighted by Crippen LogP contribution is 2.55. The molecule has 2 aromatic rings. The summed E-state index contributed by atoms with van der Waals surface area (Å²) in [6.07, 6.45) is 3.71. The summed E-state index contributed by atoms with van der Waals surface area (Å²) >= 11 is 0. The van der Waals surface area contributed by atoms with Crippen LogP contribution in [0, 0.1) is 23.7 Å². The van der Waals surface area contributed by atoms with Crippen molar-refractivity contribution in [2.45, 2.75) is 26.7 Å². The van der Waals surface area contributed by atoms with E-state index in [0.29, 0.717) is 23.5 Å². The minimum Gasteiger partial charge on any atom is -0.462 e. The Morgan fingerprint density at radius 2 is 1.50 bits per heavy atom. The van der Waals surface area contributed by atoms with Gasteiger partial charge in [0.2, 0.25) is 11.8 Å². The van der Waals surface area contributed by atoms with Crippen LogP contribution in [-0.4, -0.2) is 42.9 Å². The molecule has 0 spiro atoms. The summed E-state index contributed by atoms with van der Waals surface area (Å²) in [7, 11) is 0. The second-order valence-corrected chi connectivity index (χ2v) is 9.86. The van der Waals surface area contributed by atoms with E-state index in [1.165, 1.54) is 34.7 Å². The normalized spacial score (nSPS) is 23.2. The Labute approximate surface area is 219 Å². The van der Waals surface area contributed by atoms with Crippen LogP contribution in [-0.2, 0) is 23.9 Å². The van der Waals surface area contributed by atoms with Gasteiger partial charge in [0.25, 0.3) is 5.91 Å². The van der Waals surface area contributed by atoms with Crippen molar-refractivity contribution < 1.29 is 33.4 Å². The molecule has 0 unspecified atom stereocenters. The standard InChI is InChI=1S/C29H28N2O7/c1-3-12-37-28(35)17-4-8-20(9-5-17)30-23(32)15-38-29(36)18-6-10-21(11-7-18)31-26(33)24-19-13-16(2)22(14-19)25(24)27(31)34/h4-11,13,19,22,24-25H,3,12,14-15H2,1-2H3,(H,30,32)/t19-,22+,24-,25+/m0/s1. The predicted molar refractivity (Wildman–Crippen MR) is 137 cm³/mol. The van der Waals surface area contributed by atoms with Gasteiger partial charge in [0.15, 0.2) is 6.61 Å². The first-order chi connectivity index (χ1) is 18.3. The first-order valence-electron chi connectivity index (χ1n) is 12.7. The number of ether oxygens (including phenoxy) is 2. The molecule has 1 saturated heterocycles. The van der Waals surface area contributed by atoms with Crippen molar-refractivity contribution in [2.75, 3.05) is 23.4 Å². The number of esters is 2. The highest BCUT2D eigenvalue weighted by molar-refractivity contribution is 6.23. The van der Waals surface area contributed by atoms with Crippen molar-refractivity contribution in [2.24, 2.45) is 23.7 Å². The van der Waals surface area contributed by atoms with Crippen LogP contribution >= 0.6 is 0 Å². The topological polar surface area (TPSA) is 119 Å². The molecule has 196 valence electrons. The van der Waals surface area contributed by atoms with Gasteiger partial charge in [-0.15, -0.1) is 0 Å². The summed E-state index contributed by atoms with van der Waals surface area (Å²) in [5, 5.41) is 2.59. The maximum absolute atomic E-state index is 13.1. The number of allylic oxidation sites excluding steroid dienone is 2. The van der Waals surface area contributed by atoms with Crippen LogP contribution in [0.25, 0.3) is 0 Å². The zero-order valence-electron chi connectivity index (χ0n) is 21.1. The first kappa shape index (κ1) is 25.4. The minimum atomic E-state index is -0.713. The van der Waals surface area contributed by atoms with E-state index in [9.17, 15) is 24.0 Å². The fourth-order valence-electron chi connectivity index (χ4n) is 5.65. The summed E-state index contributed by atoms with van der Waals surface area (Å²) in [5.74, 6) is -2.42. The second kappa shape index (κ2) is 10.2. The third-order valence-electron chi connectivity index (χ3n) is 7.42.